The second-order valence-electron chi connectivity index (χ2n) is 6.00. The normalized spacial score (nSPS) is 10.8. The maximum absolute atomic E-state index is 12.8. The number of rotatable bonds is 5. The van der Waals surface area contributed by atoms with Crippen LogP contribution in [0.2, 0.25) is 5.02 Å². The van der Waals surface area contributed by atoms with Crippen molar-refractivity contribution in [2.45, 2.75) is 6.54 Å². The number of fused-ring (bicyclic) bond motifs is 1. The summed E-state index contributed by atoms with van der Waals surface area (Å²) in [5.74, 6) is -0.0147. The molecule has 140 valence electrons. The molecule has 2 aromatic heterocycles. The van der Waals surface area contributed by atoms with E-state index in [0.29, 0.717) is 26.9 Å². The average molecular weight is 411 g/mol. The highest BCUT2D eigenvalue weighted by atomic mass is 35.5. The summed E-state index contributed by atoms with van der Waals surface area (Å²) in [6.07, 6.45) is 1.55. The molecule has 0 atom stereocenters. The number of hydrogen-bond donors (Lipinski definition) is 2. The van der Waals surface area contributed by atoms with Gasteiger partial charge in [-0.05, 0) is 30.3 Å². The predicted molar refractivity (Wildman–Crippen MR) is 111 cm³/mol. The summed E-state index contributed by atoms with van der Waals surface area (Å²) in [6.45, 7) is 0.260. The Labute approximate surface area is 169 Å². The third-order valence-corrected chi connectivity index (χ3v) is 5.84. The van der Waals surface area contributed by atoms with Gasteiger partial charge in [0, 0.05) is 10.1 Å². The topological polar surface area (TPSA) is 71.3 Å². The molecular weight excluding hydrogens is 396 g/mol. The maximum atomic E-state index is 12.8. The summed E-state index contributed by atoms with van der Waals surface area (Å²) in [6, 6.07) is 17.9. The Hall–Kier alpha value is -3.09. The lowest BCUT2D eigenvalue weighted by atomic mass is 10.1. The van der Waals surface area contributed by atoms with Crippen LogP contribution >= 0.6 is 22.9 Å². The Morgan fingerprint density at radius 1 is 0.964 bits per heavy atom. The molecule has 28 heavy (non-hydrogen) atoms. The van der Waals surface area contributed by atoms with Gasteiger partial charge in [-0.1, -0.05) is 41.9 Å². The van der Waals surface area contributed by atoms with Crippen LogP contribution in [0.4, 0.5) is 5.69 Å². The predicted octanol–water partition coefficient (Wildman–Crippen LogP) is 5.33. The Morgan fingerprint density at radius 3 is 2.54 bits per heavy atom. The van der Waals surface area contributed by atoms with E-state index >= 15 is 0 Å². The van der Waals surface area contributed by atoms with Gasteiger partial charge >= 0.3 is 0 Å². The fourth-order valence-electron chi connectivity index (χ4n) is 2.81. The van der Waals surface area contributed by atoms with Gasteiger partial charge in [0.2, 0.25) is 0 Å². The van der Waals surface area contributed by atoms with Crippen LogP contribution in [0.15, 0.2) is 71.3 Å². The average Bonchev–Trinajstić information content (AvgIpc) is 3.35. The summed E-state index contributed by atoms with van der Waals surface area (Å²) in [7, 11) is 0. The van der Waals surface area contributed by atoms with E-state index in [1.165, 1.54) is 11.3 Å². The van der Waals surface area contributed by atoms with Gasteiger partial charge in [0.25, 0.3) is 11.8 Å². The summed E-state index contributed by atoms with van der Waals surface area (Å²) in [5.41, 5.74) is 0.776. The van der Waals surface area contributed by atoms with E-state index in [0.717, 1.165) is 10.1 Å². The molecule has 2 amide bonds. The van der Waals surface area contributed by atoms with Gasteiger partial charge < -0.3 is 15.1 Å². The van der Waals surface area contributed by atoms with E-state index in [1.807, 2.05) is 24.3 Å². The molecular formula is C21H15ClN2O3S. The first kappa shape index (κ1) is 18.3. The fraction of sp³-hybridized carbons (Fsp3) is 0.0476. The monoisotopic (exact) mass is 410 g/mol. The Balaban J connectivity index is 1.55. The first-order valence-electron chi connectivity index (χ1n) is 8.51. The van der Waals surface area contributed by atoms with Crippen LogP contribution < -0.4 is 10.6 Å². The third-order valence-electron chi connectivity index (χ3n) is 4.16. The SMILES string of the molecule is O=C(NCc1ccco1)c1ccccc1NC(=O)c1sc2ccccc2c1Cl. The quantitative estimate of drug-likeness (QED) is 0.467. The van der Waals surface area contributed by atoms with Gasteiger partial charge in [-0.25, -0.2) is 0 Å². The standard InChI is InChI=1S/C21H15ClN2O3S/c22-18-15-8-2-4-10-17(15)28-19(18)21(26)24-16-9-3-1-7-14(16)20(25)23-12-13-6-5-11-27-13/h1-11H,12H2,(H,23,25)(H,24,26). The van der Waals surface area contributed by atoms with Crippen LogP contribution in [0, 0.1) is 0 Å². The smallest absolute Gasteiger partial charge is 0.267 e. The Morgan fingerprint density at radius 2 is 1.75 bits per heavy atom. The molecule has 2 heterocycles. The molecule has 2 N–H and O–H groups in total. The van der Waals surface area contributed by atoms with Crippen molar-refractivity contribution in [2.75, 3.05) is 5.32 Å². The largest absolute Gasteiger partial charge is 0.467 e. The van der Waals surface area contributed by atoms with Crippen molar-refractivity contribution >= 4 is 50.5 Å². The number of anilines is 1. The minimum atomic E-state index is -0.350. The summed E-state index contributed by atoms with van der Waals surface area (Å²) in [5, 5.41) is 6.84. The molecule has 0 aliphatic carbocycles. The molecule has 0 aliphatic heterocycles. The van der Waals surface area contributed by atoms with Gasteiger partial charge in [0.1, 0.15) is 10.6 Å². The number of carbonyl (C=O) groups excluding carboxylic acids is 2. The second kappa shape index (κ2) is 7.88. The highest BCUT2D eigenvalue weighted by Crippen LogP contribution is 2.35. The van der Waals surface area contributed by atoms with Crippen LogP contribution in [0.1, 0.15) is 25.8 Å². The molecule has 2 aromatic carbocycles. The molecule has 0 unspecified atom stereocenters. The van der Waals surface area contributed by atoms with E-state index in [-0.39, 0.29) is 18.4 Å². The van der Waals surface area contributed by atoms with Gasteiger partial charge in [-0.2, -0.15) is 0 Å². The number of benzene rings is 2. The Kier molecular flexibility index (Phi) is 5.14. The summed E-state index contributed by atoms with van der Waals surface area (Å²) >= 11 is 7.70. The van der Waals surface area contributed by atoms with E-state index in [9.17, 15) is 9.59 Å². The first-order valence-corrected chi connectivity index (χ1v) is 9.71. The fourth-order valence-corrected chi connectivity index (χ4v) is 4.22. The van der Waals surface area contributed by atoms with Crippen LogP contribution in [-0.2, 0) is 6.54 Å². The Bertz CT molecular complexity index is 1150. The van der Waals surface area contributed by atoms with E-state index in [1.54, 1.807) is 42.7 Å². The van der Waals surface area contributed by atoms with Crippen molar-refractivity contribution in [3.8, 4) is 0 Å². The molecule has 0 saturated carbocycles. The molecule has 5 nitrogen and oxygen atoms in total. The molecule has 0 aliphatic rings. The minimum Gasteiger partial charge on any atom is -0.467 e. The molecule has 0 saturated heterocycles. The molecule has 0 bridgehead atoms. The van der Waals surface area contributed by atoms with Crippen LogP contribution in [0.5, 0.6) is 0 Å². The molecule has 0 fully saturated rings. The summed E-state index contributed by atoms with van der Waals surface area (Å²) in [4.78, 5) is 25.8. The van der Waals surface area contributed by atoms with E-state index in [4.69, 9.17) is 16.0 Å². The zero-order valence-electron chi connectivity index (χ0n) is 14.6. The number of para-hydroxylation sites is 1. The highest BCUT2D eigenvalue weighted by molar-refractivity contribution is 7.21. The third kappa shape index (κ3) is 3.65. The van der Waals surface area contributed by atoms with E-state index in [2.05, 4.69) is 10.6 Å². The van der Waals surface area contributed by atoms with Crippen molar-refractivity contribution in [2.24, 2.45) is 0 Å². The molecule has 0 radical (unpaired) electrons. The lowest BCUT2D eigenvalue weighted by Gasteiger charge is -2.10. The van der Waals surface area contributed by atoms with Gasteiger partial charge in [-0.3, -0.25) is 9.59 Å². The van der Waals surface area contributed by atoms with Crippen molar-refractivity contribution in [3.05, 3.63) is 88.2 Å². The zero-order valence-corrected chi connectivity index (χ0v) is 16.1. The van der Waals surface area contributed by atoms with Gasteiger partial charge in [0.15, 0.2) is 0 Å². The number of thiophene rings is 1. The number of halogens is 1. The van der Waals surface area contributed by atoms with Crippen LogP contribution in [0.3, 0.4) is 0 Å². The molecule has 4 rings (SSSR count). The lowest BCUT2D eigenvalue weighted by Crippen LogP contribution is -2.24. The summed E-state index contributed by atoms with van der Waals surface area (Å²) < 4.78 is 6.15. The number of carbonyl (C=O) groups is 2. The first-order chi connectivity index (χ1) is 13.6. The maximum Gasteiger partial charge on any atom is 0.267 e. The molecule has 7 heteroatoms. The zero-order chi connectivity index (χ0) is 19.5. The number of amides is 2. The highest BCUT2D eigenvalue weighted by Gasteiger charge is 2.19. The second-order valence-corrected chi connectivity index (χ2v) is 7.43. The lowest BCUT2D eigenvalue weighted by molar-refractivity contribution is 0.0949. The molecule has 4 aromatic rings. The van der Waals surface area contributed by atoms with Crippen LogP contribution in [0.25, 0.3) is 10.1 Å². The number of nitrogens with one attached hydrogen (secondary N) is 2. The molecule has 0 spiro atoms. The van der Waals surface area contributed by atoms with Crippen molar-refractivity contribution < 1.29 is 14.0 Å². The number of hydrogen-bond acceptors (Lipinski definition) is 4. The van der Waals surface area contributed by atoms with Crippen molar-refractivity contribution in [1.29, 1.82) is 0 Å². The number of furan rings is 1. The van der Waals surface area contributed by atoms with Gasteiger partial charge in [-0.15, -0.1) is 11.3 Å². The van der Waals surface area contributed by atoms with Crippen molar-refractivity contribution in [3.63, 3.8) is 0 Å². The van der Waals surface area contributed by atoms with Gasteiger partial charge in [0.05, 0.1) is 29.1 Å². The van der Waals surface area contributed by atoms with Crippen LogP contribution in [-0.4, -0.2) is 11.8 Å². The minimum absolute atomic E-state index is 0.260. The van der Waals surface area contributed by atoms with Crippen molar-refractivity contribution in [1.82, 2.24) is 5.32 Å². The van der Waals surface area contributed by atoms with E-state index < -0.39 is 0 Å².